The van der Waals surface area contributed by atoms with Crippen molar-refractivity contribution in [2.45, 2.75) is 19.9 Å². The van der Waals surface area contributed by atoms with E-state index in [1.54, 1.807) is 6.92 Å². The summed E-state index contributed by atoms with van der Waals surface area (Å²) in [4.78, 5) is 25.5. The van der Waals surface area contributed by atoms with Crippen LogP contribution in [0.15, 0.2) is 6.20 Å². The van der Waals surface area contributed by atoms with Crippen LogP contribution >= 0.6 is 0 Å². The van der Waals surface area contributed by atoms with Crippen molar-refractivity contribution >= 4 is 17.7 Å². The third kappa shape index (κ3) is 3.06. The zero-order valence-corrected chi connectivity index (χ0v) is 11.9. The SMILES string of the molecule is CCOC(=O)c1cnn(CCO)c1N1CC(CO)CC1=O. The number of aromatic nitrogens is 2. The second-order valence-corrected chi connectivity index (χ2v) is 4.81. The van der Waals surface area contributed by atoms with E-state index in [4.69, 9.17) is 9.84 Å². The Morgan fingerprint density at radius 3 is 2.86 bits per heavy atom. The van der Waals surface area contributed by atoms with Gasteiger partial charge in [-0.05, 0) is 6.92 Å². The molecule has 1 fully saturated rings. The number of ether oxygens (including phenoxy) is 1. The number of aliphatic hydroxyl groups excluding tert-OH is 2. The third-order valence-electron chi connectivity index (χ3n) is 3.34. The lowest BCUT2D eigenvalue weighted by Crippen LogP contribution is -2.30. The molecule has 1 saturated heterocycles. The first-order valence-electron chi connectivity index (χ1n) is 6.87. The van der Waals surface area contributed by atoms with Gasteiger partial charge in [0.2, 0.25) is 5.91 Å². The van der Waals surface area contributed by atoms with Gasteiger partial charge in [-0.2, -0.15) is 5.10 Å². The molecule has 21 heavy (non-hydrogen) atoms. The average molecular weight is 297 g/mol. The predicted molar refractivity (Wildman–Crippen MR) is 72.8 cm³/mol. The van der Waals surface area contributed by atoms with Gasteiger partial charge in [-0.15, -0.1) is 0 Å². The van der Waals surface area contributed by atoms with Crippen LogP contribution in [0.4, 0.5) is 5.82 Å². The van der Waals surface area contributed by atoms with Crippen LogP contribution in [0, 0.1) is 5.92 Å². The first-order chi connectivity index (χ1) is 10.1. The highest BCUT2D eigenvalue weighted by Gasteiger charge is 2.35. The van der Waals surface area contributed by atoms with Gasteiger partial charge in [0.05, 0.1) is 26.0 Å². The molecule has 116 valence electrons. The van der Waals surface area contributed by atoms with Crippen LogP contribution in [0.3, 0.4) is 0 Å². The average Bonchev–Trinajstić information content (AvgIpc) is 3.03. The van der Waals surface area contributed by atoms with E-state index in [1.807, 2.05) is 0 Å². The second kappa shape index (κ2) is 6.68. The van der Waals surface area contributed by atoms with Crippen LogP contribution in [-0.4, -0.2) is 58.2 Å². The van der Waals surface area contributed by atoms with Crippen LogP contribution in [0.5, 0.6) is 0 Å². The molecular formula is C13H19N3O5. The summed E-state index contributed by atoms with van der Waals surface area (Å²) >= 11 is 0. The number of hydrogen-bond acceptors (Lipinski definition) is 6. The molecule has 2 N–H and O–H groups in total. The topological polar surface area (TPSA) is 105 Å². The van der Waals surface area contributed by atoms with Crippen LogP contribution in [0.2, 0.25) is 0 Å². The lowest BCUT2D eigenvalue weighted by molar-refractivity contribution is -0.117. The Kier molecular flexibility index (Phi) is 4.92. The van der Waals surface area contributed by atoms with Crippen LogP contribution in [-0.2, 0) is 16.1 Å². The molecule has 1 aliphatic rings. The molecule has 2 heterocycles. The van der Waals surface area contributed by atoms with Gasteiger partial charge in [-0.25, -0.2) is 9.48 Å². The molecule has 2 rings (SSSR count). The highest BCUT2D eigenvalue weighted by Crippen LogP contribution is 2.28. The summed E-state index contributed by atoms with van der Waals surface area (Å²) in [5.41, 5.74) is 0.192. The molecule has 0 spiro atoms. The van der Waals surface area contributed by atoms with Gasteiger partial charge in [0.15, 0.2) is 0 Å². The quantitative estimate of drug-likeness (QED) is 0.679. The lowest BCUT2D eigenvalue weighted by Gasteiger charge is -2.19. The smallest absolute Gasteiger partial charge is 0.343 e. The van der Waals surface area contributed by atoms with Crippen molar-refractivity contribution in [2.75, 3.05) is 31.3 Å². The molecule has 0 aromatic carbocycles. The van der Waals surface area contributed by atoms with Gasteiger partial charge >= 0.3 is 5.97 Å². The number of carbonyl (C=O) groups is 2. The fourth-order valence-corrected chi connectivity index (χ4v) is 2.38. The van der Waals surface area contributed by atoms with E-state index in [1.165, 1.54) is 15.8 Å². The zero-order chi connectivity index (χ0) is 15.4. The molecule has 1 aromatic rings. The number of anilines is 1. The van der Waals surface area contributed by atoms with Crippen molar-refractivity contribution in [2.24, 2.45) is 5.92 Å². The standard InChI is InChI=1S/C13H19N3O5/c1-2-21-13(20)10-6-14-16(3-4-17)12(10)15-7-9(8-18)5-11(15)19/h6,9,17-18H,2-5,7-8H2,1H3. The molecule has 8 heteroatoms. The Morgan fingerprint density at radius 2 is 2.29 bits per heavy atom. The number of carbonyl (C=O) groups excluding carboxylic acids is 2. The van der Waals surface area contributed by atoms with Crippen molar-refractivity contribution in [3.05, 3.63) is 11.8 Å². The fourth-order valence-electron chi connectivity index (χ4n) is 2.38. The molecule has 1 aromatic heterocycles. The van der Waals surface area contributed by atoms with Gasteiger partial charge < -0.3 is 14.9 Å². The Bertz CT molecular complexity index is 528. The van der Waals surface area contributed by atoms with Crippen molar-refractivity contribution < 1.29 is 24.5 Å². The van der Waals surface area contributed by atoms with Gasteiger partial charge in [-0.1, -0.05) is 0 Å². The van der Waals surface area contributed by atoms with Crippen molar-refractivity contribution in [1.82, 2.24) is 9.78 Å². The van der Waals surface area contributed by atoms with E-state index in [0.717, 1.165) is 0 Å². The van der Waals surface area contributed by atoms with E-state index in [9.17, 15) is 14.7 Å². The lowest BCUT2D eigenvalue weighted by atomic mass is 10.1. The summed E-state index contributed by atoms with van der Waals surface area (Å²) in [5, 5.41) is 22.3. The van der Waals surface area contributed by atoms with E-state index in [0.29, 0.717) is 12.4 Å². The van der Waals surface area contributed by atoms with E-state index in [-0.39, 0.29) is 50.2 Å². The summed E-state index contributed by atoms with van der Waals surface area (Å²) in [5.74, 6) is -0.579. The Morgan fingerprint density at radius 1 is 1.52 bits per heavy atom. The minimum Gasteiger partial charge on any atom is -0.462 e. The van der Waals surface area contributed by atoms with Gasteiger partial charge in [0, 0.05) is 25.5 Å². The van der Waals surface area contributed by atoms with E-state index in [2.05, 4.69) is 5.10 Å². The first-order valence-corrected chi connectivity index (χ1v) is 6.87. The van der Waals surface area contributed by atoms with Crippen LogP contribution < -0.4 is 4.90 Å². The highest BCUT2D eigenvalue weighted by molar-refractivity contribution is 6.02. The molecule has 1 aliphatic heterocycles. The van der Waals surface area contributed by atoms with Gasteiger partial charge in [-0.3, -0.25) is 9.69 Å². The molecule has 1 amide bonds. The monoisotopic (exact) mass is 297 g/mol. The Hall–Kier alpha value is -1.93. The van der Waals surface area contributed by atoms with Gasteiger partial charge in [0.25, 0.3) is 0 Å². The van der Waals surface area contributed by atoms with Gasteiger partial charge in [0.1, 0.15) is 11.4 Å². The molecule has 8 nitrogen and oxygen atoms in total. The highest BCUT2D eigenvalue weighted by atomic mass is 16.5. The maximum atomic E-state index is 12.1. The summed E-state index contributed by atoms with van der Waals surface area (Å²) in [6.45, 7) is 2.14. The first kappa shape index (κ1) is 15.5. The fraction of sp³-hybridized carbons (Fsp3) is 0.615. The summed E-state index contributed by atoms with van der Waals surface area (Å²) < 4.78 is 6.37. The number of esters is 1. The Balaban J connectivity index is 2.37. The van der Waals surface area contributed by atoms with Crippen LogP contribution in [0.25, 0.3) is 0 Å². The van der Waals surface area contributed by atoms with Crippen molar-refractivity contribution in [1.29, 1.82) is 0 Å². The maximum Gasteiger partial charge on any atom is 0.343 e. The van der Waals surface area contributed by atoms with Crippen molar-refractivity contribution in [3.8, 4) is 0 Å². The minimum atomic E-state index is -0.558. The summed E-state index contributed by atoms with van der Waals surface area (Å²) in [7, 11) is 0. The number of rotatable bonds is 6. The Labute approximate surface area is 121 Å². The summed E-state index contributed by atoms with van der Waals surface area (Å²) in [6, 6.07) is 0. The van der Waals surface area contributed by atoms with Crippen LogP contribution in [0.1, 0.15) is 23.7 Å². The second-order valence-electron chi connectivity index (χ2n) is 4.81. The number of hydrogen-bond donors (Lipinski definition) is 2. The third-order valence-corrected chi connectivity index (χ3v) is 3.34. The predicted octanol–water partition coefficient (Wildman–Crippen LogP) is -0.603. The molecule has 1 atom stereocenters. The molecular weight excluding hydrogens is 278 g/mol. The molecule has 0 aliphatic carbocycles. The largest absolute Gasteiger partial charge is 0.462 e. The number of aliphatic hydroxyl groups is 2. The molecule has 1 unspecified atom stereocenters. The molecule has 0 radical (unpaired) electrons. The molecule has 0 bridgehead atoms. The molecule has 0 saturated carbocycles. The maximum absolute atomic E-state index is 12.1. The van der Waals surface area contributed by atoms with Crippen molar-refractivity contribution in [3.63, 3.8) is 0 Å². The number of nitrogens with zero attached hydrogens (tertiary/aromatic N) is 3. The zero-order valence-electron chi connectivity index (χ0n) is 11.9. The number of amides is 1. The minimum absolute atomic E-state index is 0.0921. The van der Waals surface area contributed by atoms with E-state index >= 15 is 0 Å². The summed E-state index contributed by atoms with van der Waals surface area (Å²) in [6.07, 6.45) is 1.56. The normalized spacial score (nSPS) is 18.3. The van der Waals surface area contributed by atoms with E-state index < -0.39 is 5.97 Å².